The van der Waals surface area contributed by atoms with Crippen LogP contribution in [0.3, 0.4) is 0 Å². The molecule has 0 spiro atoms. The Balaban J connectivity index is 1.23. The molecule has 2 aromatic heterocycles. The summed E-state index contributed by atoms with van der Waals surface area (Å²) >= 11 is 0. The predicted molar refractivity (Wildman–Crippen MR) is 192 cm³/mol. The molecule has 4 aliphatic heterocycles. The molecule has 6 aliphatic rings. The Morgan fingerprint density at radius 1 is 1.04 bits per heavy atom. The Labute approximate surface area is 292 Å². The lowest BCUT2D eigenvalue weighted by molar-refractivity contribution is -0.196. The molecule has 9 heteroatoms. The van der Waals surface area contributed by atoms with E-state index in [1.54, 1.807) is 0 Å². The summed E-state index contributed by atoms with van der Waals surface area (Å²) in [5.74, 6) is -0.298. The maximum absolute atomic E-state index is 14.1. The lowest BCUT2D eigenvalue weighted by atomic mass is 9.56. The van der Waals surface area contributed by atoms with Crippen molar-refractivity contribution in [2.75, 3.05) is 27.3 Å². The molecule has 0 amide bonds. The maximum Gasteiger partial charge on any atom is 0.319 e. The van der Waals surface area contributed by atoms with Crippen LogP contribution in [0.1, 0.15) is 73.5 Å². The third-order valence-corrected chi connectivity index (χ3v) is 13.6. The number of fused-ring (bicyclic) bond motifs is 9. The van der Waals surface area contributed by atoms with Gasteiger partial charge in [-0.05, 0) is 85.8 Å². The van der Waals surface area contributed by atoms with E-state index in [1.165, 1.54) is 42.0 Å². The van der Waals surface area contributed by atoms with Crippen molar-refractivity contribution in [2.24, 2.45) is 23.7 Å². The number of aliphatic hydroxyl groups is 1. The van der Waals surface area contributed by atoms with E-state index >= 15 is 0 Å². The number of benzene rings is 2. The third kappa shape index (κ3) is 4.35. The molecule has 262 valence electrons. The zero-order valence-electron chi connectivity index (χ0n) is 29.4. The molecular formula is C41H48N4O5. The predicted octanol–water partition coefficient (Wildman–Crippen LogP) is 5.46. The number of piperidine rings is 3. The summed E-state index contributed by atoms with van der Waals surface area (Å²) in [5.41, 5.74) is 8.33. The Hall–Kier alpha value is -3.92. The first-order chi connectivity index (χ1) is 24.3. The summed E-state index contributed by atoms with van der Waals surface area (Å²) in [6.45, 7) is 5.73. The van der Waals surface area contributed by atoms with E-state index in [2.05, 4.69) is 82.6 Å². The number of aromatic amines is 2. The fraction of sp³-hybridized carbons (Fsp3) is 0.512. The zero-order valence-corrected chi connectivity index (χ0v) is 29.4. The first-order valence-corrected chi connectivity index (χ1v) is 18.6. The Morgan fingerprint density at radius 2 is 1.86 bits per heavy atom. The number of esters is 2. The van der Waals surface area contributed by atoms with Crippen LogP contribution in [0.5, 0.6) is 0 Å². The van der Waals surface area contributed by atoms with Gasteiger partial charge in [0.05, 0.1) is 20.1 Å². The van der Waals surface area contributed by atoms with E-state index in [4.69, 9.17) is 9.47 Å². The first-order valence-electron chi connectivity index (χ1n) is 18.6. The standard InChI is InChI=1S/C41H48N4O5/c1-5-21-15-24-19-41(40(48)50-4)36-26(13-14-45(37(21)41)38(24)46)29-16-23(11-12-32(29)44-36)28-17-27-22(6-2)20-42-33(34(27)39(47)49-3)18-30-25-9-7-8-10-31(25)43-35(28)30/h6-12,16,21,24,27-28,33-34,37-38,42-44,46H,5,13-15,17-20H2,1-4H3. The van der Waals surface area contributed by atoms with Crippen LogP contribution in [0, 0.1) is 23.7 Å². The maximum atomic E-state index is 14.1. The highest BCUT2D eigenvalue weighted by Gasteiger charge is 2.65. The van der Waals surface area contributed by atoms with Gasteiger partial charge in [-0.25, -0.2) is 0 Å². The number of methoxy groups -OCH3 is 2. The number of hydrogen-bond acceptors (Lipinski definition) is 7. The number of nitrogens with zero attached hydrogens (tertiary/aromatic N) is 1. The Kier molecular flexibility index (Phi) is 7.57. The summed E-state index contributed by atoms with van der Waals surface area (Å²) in [5, 5.41) is 17.5. The smallest absolute Gasteiger partial charge is 0.319 e. The van der Waals surface area contributed by atoms with Crippen LogP contribution >= 0.6 is 0 Å². The molecule has 3 saturated heterocycles. The highest BCUT2D eigenvalue weighted by Crippen LogP contribution is 2.57. The molecule has 9 nitrogen and oxygen atoms in total. The van der Waals surface area contributed by atoms with Gasteiger partial charge in [0.25, 0.3) is 0 Å². The number of carbonyl (C=O) groups is 2. The molecule has 10 unspecified atom stereocenters. The van der Waals surface area contributed by atoms with Gasteiger partial charge in [-0.15, -0.1) is 0 Å². The van der Waals surface area contributed by atoms with Crippen LogP contribution in [0.25, 0.3) is 21.8 Å². The van der Waals surface area contributed by atoms with Gasteiger partial charge in [0.15, 0.2) is 0 Å². The average molecular weight is 677 g/mol. The van der Waals surface area contributed by atoms with Crippen molar-refractivity contribution >= 4 is 33.7 Å². The van der Waals surface area contributed by atoms with E-state index in [-0.39, 0.29) is 47.7 Å². The van der Waals surface area contributed by atoms with Gasteiger partial charge in [0.2, 0.25) is 0 Å². The van der Waals surface area contributed by atoms with Crippen molar-refractivity contribution in [3.63, 3.8) is 0 Å². The minimum atomic E-state index is -0.855. The second-order valence-electron chi connectivity index (χ2n) is 15.5. The fourth-order valence-electron chi connectivity index (χ4n) is 11.4. The molecule has 4 aromatic rings. The van der Waals surface area contributed by atoms with Crippen LogP contribution in [0.15, 0.2) is 54.1 Å². The van der Waals surface area contributed by atoms with Crippen molar-refractivity contribution in [1.29, 1.82) is 0 Å². The highest BCUT2D eigenvalue weighted by atomic mass is 16.5. The zero-order chi connectivity index (χ0) is 34.5. The van der Waals surface area contributed by atoms with Gasteiger partial charge in [-0.2, -0.15) is 0 Å². The first kappa shape index (κ1) is 32.0. The van der Waals surface area contributed by atoms with E-state index in [1.807, 2.05) is 0 Å². The van der Waals surface area contributed by atoms with E-state index < -0.39 is 11.6 Å². The van der Waals surface area contributed by atoms with Crippen LogP contribution in [-0.4, -0.2) is 77.5 Å². The molecule has 1 saturated carbocycles. The second kappa shape index (κ2) is 11.8. The largest absolute Gasteiger partial charge is 0.469 e. The summed E-state index contributed by atoms with van der Waals surface area (Å²) in [6.07, 6.45) is 6.34. The Bertz CT molecular complexity index is 2040. The number of allylic oxidation sites excluding steroid dienone is 1. The van der Waals surface area contributed by atoms with E-state index in [9.17, 15) is 14.7 Å². The van der Waals surface area contributed by atoms with Crippen LogP contribution in [0.4, 0.5) is 0 Å². The van der Waals surface area contributed by atoms with Gasteiger partial charge >= 0.3 is 11.9 Å². The number of nitrogens with one attached hydrogen (secondary N) is 3. The lowest BCUT2D eigenvalue weighted by Gasteiger charge is -2.59. The highest BCUT2D eigenvalue weighted by molar-refractivity contribution is 5.92. The van der Waals surface area contributed by atoms with Crippen LogP contribution in [-0.2, 0) is 37.3 Å². The summed E-state index contributed by atoms with van der Waals surface area (Å²) in [4.78, 5) is 37.5. The SMILES string of the molecule is CC=C1CNC2Cc3c([nH]c4ccccc34)C(c3ccc4[nH]c5c(c4c3)CCN3C(O)C4CC(CC)C3C5(C(=O)OC)C4)CC1C2C(=O)OC. The van der Waals surface area contributed by atoms with Crippen molar-refractivity contribution in [3.8, 4) is 0 Å². The van der Waals surface area contributed by atoms with Crippen LogP contribution < -0.4 is 5.32 Å². The minimum absolute atomic E-state index is 0.00383. The van der Waals surface area contributed by atoms with Gasteiger partial charge in [0.1, 0.15) is 11.6 Å². The summed E-state index contributed by atoms with van der Waals surface area (Å²) < 4.78 is 11.1. The summed E-state index contributed by atoms with van der Waals surface area (Å²) in [6, 6.07) is 15.1. The average Bonchev–Trinajstić information content (AvgIpc) is 3.66. The number of aliphatic hydroxyl groups excluding tert-OH is 1. The second-order valence-corrected chi connectivity index (χ2v) is 15.5. The van der Waals surface area contributed by atoms with E-state index in [0.717, 1.165) is 66.3 Å². The molecule has 2 aliphatic carbocycles. The summed E-state index contributed by atoms with van der Waals surface area (Å²) in [7, 11) is 3.01. The van der Waals surface area contributed by atoms with Crippen molar-refractivity contribution < 1.29 is 24.2 Å². The van der Waals surface area contributed by atoms with Crippen molar-refractivity contribution in [3.05, 3.63) is 82.2 Å². The molecule has 2 aromatic carbocycles. The normalized spacial score (nSPS) is 35.2. The quantitative estimate of drug-likeness (QED) is 0.168. The van der Waals surface area contributed by atoms with Gasteiger partial charge in [-0.3, -0.25) is 14.5 Å². The number of carbonyl (C=O) groups excluding carboxylic acids is 2. The van der Waals surface area contributed by atoms with E-state index in [0.29, 0.717) is 18.9 Å². The van der Waals surface area contributed by atoms with Crippen molar-refractivity contribution in [1.82, 2.24) is 20.2 Å². The van der Waals surface area contributed by atoms with Gasteiger partial charge in [-0.1, -0.05) is 49.3 Å². The third-order valence-electron chi connectivity index (χ3n) is 13.6. The lowest BCUT2D eigenvalue weighted by Crippen LogP contribution is -2.70. The Morgan fingerprint density at radius 3 is 2.64 bits per heavy atom. The molecule has 6 heterocycles. The van der Waals surface area contributed by atoms with Crippen molar-refractivity contribution in [2.45, 2.75) is 82.0 Å². The molecule has 10 rings (SSSR count). The molecule has 50 heavy (non-hydrogen) atoms. The molecule has 10 atom stereocenters. The monoisotopic (exact) mass is 676 g/mol. The molecule has 6 bridgehead atoms. The minimum Gasteiger partial charge on any atom is -0.469 e. The number of para-hydroxylation sites is 1. The number of hydrogen-bond donors (Lipinski definition) is 4. The van der Waals surface area contributed by atoms with Gasteiger partial charge < -0.3 is 29.9 Å². The molecule has 4 fully saturated rings. The van der Waals surface area contributed by atoms with Crippen LogP contribution in [0.2, 0.25) is 0 Å². The molecular weight excluding hydrogens is 628 g/mol. The molecule has 4 N–H and O–H groups in total. The number of H-pyrrole nitrogens is 2. The molecule has 0 radical (unpaired) electrons. The fourth-order valence-corrected chi connectivity index (χ4v) is 11.4. The van der Waals surface area contributed by atoms with Gasteiger partial charge in [0, 0.05) is 70.2 Å². The number of rotatable bonds is 4. The number of ether oxygens (including phenoxy) is 2. The topological polar surface area (TPSA) is 120 Å². The number of aromatic nitrogens is 2.